The minimum absolute atomic E-state index is 0.102. The third-order valence-corrected chi connectivity index (χ3v) is 1.75. The Balaban J connectivity index is 0. The van der Waals surface area contributed by atoms with Gasteiger partial charge in [0.1, 0.15) is 6.04 Å². The fraction of sp³-hybridized carbons (Fsp3) is 0.556. The summed E-state index contributed by atoms with van der Waals surface area (Å²) in [5.41, 5.74) is 14.7. The molecule has 9 N–H and O–H groups in total. The van der Waals surface area contributed by atoms with Crippen molar-refractivity contribution in [3.05, 3.63) is 0 Å². The molecule has 0 heterocycles. The fourth-order valence-corrected chi connectivity index (χ4v) is 0.697. The van der Waals surface area contributed by atoms with Gasteiger partial charge in [-0.1, -0.05) is 0 Å². The van der Waals surface area contributed by atoms with Crippen LogP contribution in [0.5, 0.6) is 0 Å². The lowest BCUT2D eigenvalue weighted by Gasteiger charge is -2.02. The summed E-state index contributed by atoms with van der Waals surface area (Å²) in [7, 11) is 0. The SMILES string of the molecule is NC(=O)[C@@H](N)CCC(=O)O.N[C@@H](CC(=O)O)C(=O)O. The first-order chi connectivity index (χ1) is 8.57. The summed E-state index contributed by atoms with van der Waals surface area (Å²) >= 11 is 0. The minimum Gasteiger partial charge on any atom is -0.481 e. The molecule has 10 nitrogen and oxygen atoms in total. The van der Waals surface area contributed by atoms with Gasteiger partial charge in [0.15, 0.2) is 0 Å². The number of rotatable bonds is 7. The van der Waals surface area contributed by atoms with E-state index in [1.165, 1.54) is 0 Å². The first kappa shape index (κ1) is 19.1. The van der Waals surface area contributed by atoms with E-state index in [1.807, 2.05) is 0 Å². The molecule has 0 aromatic heterocycles. The highest BCUT2D eigenvalue weighted by Gasteiger charge is 2.14. The second-order valence-electron chi connectivity index (χ2n) is 3.48. The van der Waals surface area contributed by atoms with Gasteiger partial charge in [-0.15, -0.1) is 0 Å². The molecule has 0 aliphatic carbocycles. The van der Waals surface area contributed by atoms with Crippen LogP contribution in [0.4, 0.5) is 0 Å². The lowest BCUT2D eigenvalue weighted by Crippen LogP contribution is -2.36. The number of aliphatic carboxylic acids is 3. The van der Waals surface area contributed by atoms with Crippen molar-refractivity contribution in [3.8, 4) is 0 Å². The minimum atomic E-state index is -1.29. The van der Waals surface area contributed by atoms with Gasteiger partial charge in [-0.25, -0.2) is 0 Å². The molecule has 2 atom stereocenters. The molecule has 0 radical (unpaired) electrons. The molecule has 0 saturated heterocycles. The number of hydrogen-bond acceptors (Lipinski definition) is 6. The lowest BCUT2D eigenvalue weighted by molar-refractivity contribution is -0.144. The monoisotopic (exact) mass is 279 g/mol. The fourth-order valence-electron chi connectivity index (χ4n) is 0.697. The summed E-state index contributed by atoms with van der Waals surface area (Å²) in [6, 6.07) is -2.13. The van der Waals surface area contributed by atoms with Crippen molar-refractivity contribution in [2.75, 3.05) is 0 Å². The zero-order chi connectivity index (χ0) is 15.6. The van der Waals surface area contributed by atoms with E-state index < -0.39 is 42.3 Å². The molecule has 0 saturated carbocycles. The number of carbonyl (C=O) groups excluding carboxylic acids is 1. The van der Waals surface area contributed by atoms with E-state index in [0.29, 0.717) is 0 Å². The Bertz CT molecular complexity index is 345. The number of carbonyl (C=O) groups is 4. The second kappa shape index (κ2) is 9.79. The molecule has 1 amide bonds. The summed E-state index contributed by atoms with van der Waals surface area (Å²) < 4.78 is 0. The van der Waals surface area contributed by atoms with Gasteiger partial charge in [-0.05, 0) is 6.42 Å². The van der Waals surface area contributed by atoms with Crippen molar-refractivity contribution >= 4 is 23.8 Å². The molecule has 0 aliphatic heterocycles. The number of hydrogen-bond donors (Lipinski definition) is 6. The standard InChI is InChI=1S/C5H10N2O3.C4H7NO4/c6-3(5(7)10)1-2-4(8)9;5-2(4(8)9)1-3(6)7/h3H,1-2,6H2,(H2,7,10)(H,8,9);2H,1,5H2,(H,6,7)(H,8,9)/t3-;2-/m00/s1. The molecule has 0 fully saturated rings. The molecular formula is C9H17N3O7. The Morgan fingerprint density at radius 1 is 0.895 bits per heavy atom. The molecule has 0 spiro atoms. The van der Waals surface area contributed by atoms with Gasteiger partial charge in [0.05, 0.1) is 12.5 Å². The summed E-state index contributed by atoms with van der Waals surface area (Å²) in [6.07, 6.45) is -0.551. The van der Waals surface area contributed by atoms with Crippen molar-refractivity contribution in [1.82, 2.24) is 0 Å². The first-order valence-electron chi connectivity index (χ1n) is 5.04. The maximum absolute atomic E-state index is 10.2. The maximum atomic E-state index is 10.2. The third-order valence-electron chi connectivity index (χ3n) is 1.75. The Morgan fingerprint density at radius 2 is 1.37 bits per heavy atom. The van der Waals surface area contributed by atoms with Crippen LogP contribution in [-0.2, 0) is 19.2 Å². The van der Waals surface area contributed by atoms with Crippen molar-refractivity contribution in [1.29, 1.82) is 0 Å². The smallest absolute Gasteiger partial charge is 0.321 e. The molecule has 110 valence electrons. The molecule has 0 aromatic rings. The number of carboxylic acids is 3. The van der Waals surface area contributed by atoms with Gasteiger partial charge in [0.25, 0.3) is 0 Å². The number of primary amides is 1. The quantitative estimate of drug-likeness (QED) is 0.291. The largest absolute Gasteiger partial charge is 0.481 e. The van der Waals surface area contributed by atoms with Crippen LogP contribution in [0.15, 0.2) is 0 Å². The highest BCUT2D eigenvalue weighted by molar-refractivity contribution is 5.80. The Morgan fingerprint density at radius 3 is 1.58 bits per heavy atom. The molecule has 0 bridgehead atoms. The normalized spacial score (nSPS) is 12.5. The van der Waals surface area contributed by atoms with E-state index in [4.69, 9.17) is 32.5 Å². The number of nitrogens with two attached hydrogens (primary N) is 3. The highest BCUT2D eigenvalue weighted by Crippen LogP contribution is 1.92. The van der Waals surface area contributed by atoms with Crippen molar-refractivity contribution in [3.63, 3.8) is 0 Å². The highest BCUT2D eigenvalue weighted by atomic mass is 16.4. The summed E-state index contributed by atoms with van der Waals surface area (Å²) in [5, 5.41) is 24.2. The van der Waals surface area contributed by atoms with Gasteiger partial charge < -0.3 is 32.5 Å². The first-order valence-corrected chi connectivity index (χ1v) is 5.04. The number of amides is 1. The molecule has 0 rings (SSSR count). The Kier molecular flexibility index (Phi) is 9.87. The van der Waals surface area contributed by atoms with Crippen molar-refractivity contribution in [2.45, 2.75) is 31.3 Å². The Hall–Kier alpha value is -2.20. The van der Waals surface area contributed by atoms with Gasteiger partial charge >= 0.3 is 17.9 Å². The molecule has 10 heteroatoms. The summed E-state index contributed by atoms with van der Waals surface area (Å²) in [4.78, 5) is 39.8. The van der Waals surface area contributed by atoms with Crippen LogP contribution in [0.1, 0.15) is 19.3 Å². The van der Waals surface area contributed by atoms with E-state index in [1.54, 1.807) is 0 Å². The average Bonchev–Trinajstić information content (AvgIpc) is 2.25. The van der Waals surface area contributed by atoms with Crippen LogP contribution in [-0.4, -0.2) is 51.2 Å². The topological polar surface area (TPSA) is 207 Å². The van der Waals surface area contributed by atoms with E-state index in [9.17, 15) is 19.2 Å². The van der Waals surface area contributed by atoms with E-state index >= 15 is 0 Å². The van der Waals surface area contributed by atoms with E-state index in [0.717, 1.165) is 0 Å². The zero-order valence-electron chi connectivity index (χ0n) is 9.98. The van der Waals surface area contributed by atoms with Gasteiger partial charge in [0, 0.05) is 6.42 Å². The van der Waals surface area contributed by atoms with Crippen LogP contribution in [0.2, 0.25) is 0 Å². The van der Waals surface area contributed by atoms with Crippen LogP contribution >= 0.6 is 0 Å². The molecule has 0 aliphatic rings. The predicted molar refractivity (Wildman–Crippen MR) is 61.9 cm³/mol. The Labute approximate surface area is 108 Å². The summed E-state index contributed by atoms with van der Waals surface area (Å²) in [6.45, 7) is 0. The third kappa shape index (κ3) is 13.7. The molecule has 0 aromatic carbocycles. The second-order valence-corrected chi connectivity index (χ2v) is 3.48. The summed E-state index contributed by atoms with van der Waals surface area (Å²) in [5.74, 6) is -4.14. The van der Waals surface area contributed by atoms with E-state index in [2.05, 4.69) is 0 Å². The van der Waals surface area contributed by atoms with Crippen LogP contribution in [0.3, 0.4) is 0 Å². The lowest BCUT2D eigenvalue weighted by atomic mass is 10.1. The van der Waals surface area contributed by atoms with Crippen molar-refractivity contribution in [2.24, 2.45) is 17.2 Å². The zero-order valence-corrected chi connectivity index (χ0v) is 9.98. The predicted octanol–water partition coefficient (Wildman–Crippen LogP) is -2.46. The van der Waals surface area contributed by atoms with Gasteiger partial charge in [0.2, 0.25) is 5.91 Å². The van der Waals surface area contributed by atoms with Crippen LogP contribution in [0.25, 0.3) is 0 Å². The van der Waals surface area contributed by atoms with E-state index in [-0.39, 0.29) is 12.8 Å². The molecule has 0 unspecified atom stereocenters. The average molecular weight is 279 g/mol. The number of carboxylic acid groups (broad SMARTS) is 3. The van der Waals surface area contributed by atoms with Crippen molar-refractivity contribution < 1.29 is 34.5 Å². The molecular weight excluding hydrogens is 262 g/mol. The van der Waals surface area contributed by atoms with Crippen LogP contribution < -0.4 is 17.2 Å². The molecule has 19 heavy (non-hydrogen) atoms. The van der Waals surface area contributed by atoms with Gasteiger partial charge in [-0.2, -0.15) is 0 Å². The van der Waals surface area contributed by atoms with Crippen LogP contribution in [0, 0.1) is 0 Å². The maximum Gasteiger partial charge on any atom is 0.321 e. The van der Waals surface area contributed by atoms with Gasteiger partial charge in [-0.3, -0.25) is 19.2 Å².